The molecule has 13 heavy (non-hydrogen) atoms. The van der Waals surface area contributed by atoms with Crippen molar-refractivity contribution >= 4 is 0 Å². The first-order valence-corrected chi connectivity index (χ1v) is 4.86. The number of hydrogen-bond acceptors (Lipinski definition) is 2. The van der Waals surface area contributed by atoms with Crippen LogP contribution < -0.4 is 10.2 Å². The predicted molar refractivity (Wildman–Crippen MR) is 48.7 cm³/mol. The van der Waals surface area contributed by atoms with Crippen LogP contribution in [-0.2, 0) is 19.5 Å². The van der Waals surface area contributed by atoms with Crippen LogP contribution in [0.3, 0.4) is 0 Å². The van der Waals surface area contributed by atoms with Gasteiger partial charge in [0.2, 0.25) is 0 Å². The van der Waals surface area contributed by atoms with Gasteiger partial charge in [0.1, 0.15) is 0 Å². The Hall–Kier alpha value is 0.543. The van der Waals surface area contributed by atoms with Gasteiger partial charge in [0, 0.05) is 0 Å². The van der Waals surface area contributed by atoms with Crippen LogP contribution in [0.5, 0.6) is 0 Å². The Bertz CT molecular complexity index is 65.3. The molecule has 0 aromatic carbocycles. The van der Waals surface area contributed by atoms with E-state index in [-0.39, 0.29) is 31.7 Å². The first-order valence-electron chi connectivity index (χ1n) is 4.86. The van der Waals surface area contributed by atoms with Gasteiger partial charge in [-0.05, 0) is 0 Å². The van der Waals surface area contributed by atoms with Gasteiger partial charge < -0.3 is 10.2 Å². The monoisotopic (exact) mass is 238 g/mol. The van der Waals surface area contributed by atoms with Gasteiger partial charge in [-0.25, -0.2) is 0 Å². The molecule has 0 spiro atoms. The molecule has 0 aliphatic heterocycles. The van der Waals surface area contributed by atoms with Crippen LogP contribution in [0.1, 0.15) is 53.4 Å². The van der Waals surface area contributed by atoms with Crippen molar-refractivity contribution in [2.45, 2.75) is 65.6 Å². The molecular weight excluding hydrogens is 217 g/mol. The third-order valence-electron chi connectivity index (χ3n) is 1.39. The van der Waals surface area contributed by atoms with Crippen LogP contribution in [-0.4, -0.2) is 12.2 Å². The Morgan fingerprint density at radius 3 is 1.08 bits per heavy atom. The summed E-state index contributed by atoms with van der Waals surface area (Å²) in [6.45, 7) is 7.44. The molecule has 0 saturated carbocycles. The molecule has 2 unspecified atom stereocenters. The smallest absolute Gasteiger partial charge is 0.852 e. The maximum absolute atomic E-state index is 10.1. The van der Waals surface area contributed by atoms with Crippen LogP contribution in [0, 0.1) is 0 Å². The SMILES string of the molecule is CCCC(C)[O-].CCCC(C)[O-].[Zn+2]. The molecule has 3 heteroatoms. The number of rotatable bonds is 4. The molecule has 0 rings (SSSR count). The molecule has 0 aliphatic carbocycles. The van der Waals surface area contributed by atoms with Crippen molar-refractivity contribution in [1.82, 2.24) is 0 Å². The largest absolute Gasteiger partial charge is 2.00 e. The van der Waals surface area contributed by atoms with Crippen molar-refractivity contribution in [3.8, 4) is 0 Å². The Morgan fingerprint density at radius 1 is 0.846 bits per heavy atom. The summed E-state index contributed by atoms with van der Waals surface area (Å²) in [4.78, 5) is 0. The van der Waals surface area contributed by atoms with Crippen LogP contribution >= 0.6 is 0 Å². The maximum Gasteiger partial charge on any atom is 2.00 e. The fourth-order valence-corrected chi connectivity index (χ4v) is 0.813. The quantitative estimate of drug-likeness (QED) is 0.689. The Balaban J connectivity index is -0.000000143. The van der Waals surface area contributed by atoms with Crippen molar-refractivity contribution in [2.75, 3.05) is 0 Å². The van der Waals surface area contributed by atoms with E-state index in [4.69, 9.17) is 0 Å². The van der Waals surface area contributed by atoms with E-state index in [1.165, 1.54) is 0 Å². The predicted octanol–water partition coefficient (Wildman–Crippen LogP) is 1.07. The van der Waals surface area contributed by atoms with Crippen LogP contribution in [0.15, 0.2) is 0 Å². The normalized spacial score (nSPS) is 13.4. The summed E-state index contributed by atoms with van der Waals surface area (Å²) in [5.74, 6) is 0. The minimum atomic E-state index is -0.352. The molecule has 0 aromatic heterocycles. The van der Waals surface area contributed by atoms with Gasteiger partial charge in [0.05, 0.1) is 0 Å². The summed E-state index contributed by atoms with van der Waals surface area (Å²) in [6, 6.07) is 0. The summed E-state index contributed by atoms with van der Waals surface area (Å²) >= 11 is 0. The fourth-order valence-electron chi connectivity index (χ4n) is 0.813. The first kappa shape index (κ1) is 19.2. The minimum absolute atomic E-state index is 0. The topological polar surface area (TPSA) is 46.1 Å². The second kappa shape index (κ2) is 15.0. The molecule has 2 nitrogen and oxygen atoms in total. The van der Waals surface area contributed by atoms with Gasteiger partial charge in [-0.1, -0.05) is 53.4 Å². The second-order valence-electron chi connectivity index (χ2n) is 3.20. The third-order valence-corrected chi connectivity index (χ3v) is 1.39. The van der Waals surface area contributed by atoms with Crippen molar-refractivity contribution < 1.29 is 29.7 Å². The summed E-state index contributed by atoms with van der Waals surface area (Å²) in [6.07, 6.45) is 2.97. The molecule has 76 valence electrons. The first-order chi connectivity index (χ1) is 5.54. The van der Waals surface area contributed by atoms with E-state index in [1.54, 1.807) is 13.8 Å². The van der Waals surface area contributed by atoms with Gasteiger partial charge in [-0.2, -0.15) is 0 Å². The zero-order valence-electron chi connectivity index (χ0n) is 9.51. The van der Waals surface area contributed by atoms with Gasteiger partial charge in [0.25, 0.3) is 0 Å². The zero-order valence-corrected chi connectivity index (χ0v) is 12.5. The summed E-state index contributed by atoms with van der Waals surface area (Å²) < 4.78 is 0. The average Bonchev–Trinajstić information content (AvgIpc) is 1.87. The molecule has 0 fully saturated rings. The zero-order chi connectivity index (χ0) is 9.98. The van der Waals surface area contributed by atoms with Crippen LogP contribution in [0.2, 0.25) is 0 Å². The van der Waals surface area contributed by atoms with Gasteiger partial charge in [-0.15, -0.1) is 12.2 Å². The van der Waals surface area contributed by atoms with E-state index in [0.717, 1.165) is 25.7 Å². The second-order valence-corrected chi connectivity index (χ2v) is 3.20. The molecular formula is C10H22O2Zn. The summed E-state index contributed by atoms with van der Waals surface area (Å²) in [5.41, 5.74) is 0. The van der Waals surface area contributed by atoms with E-state index in [2.05, 4.69) is 0 Å². The summed E-state index contributed by atoms with van der Waals surface area (Å²) in [7, 11) is 0. The molecule has 0 bridgehead atoms. The third kappa shape index (κ3) is 32.6. The van der Waals surface area contributed by atoms with Crippen molar-refractivity contribution in [1.29, 1.82) is 0 Å². The van der Waals surface area contributed by atoms with E-state index >= 15 is 0 Å². The Kier molecular flexibility index (Phi) is 22.2. The number of hydrogen-bond donors (Lipinski definition) is 0. The molecule has 2 atom stereocenters. The van der Waals surface area contributed by atoms with E-state index in [0.29, 0.717) is 0 Å². The van der Waals surface area contributed by atoms with Crippen molar-refractivity contribution in [2.24, 2.45) is 0 Å². The Morgan fingerprint density at radius 2 is 1.08 bits per heavy atom. The van der Waals surface area contributed by atoms with Gasteiger partial charge in [0.15, 0.2) is 0 Å². The molecule has 0 N–H and O–H groups in total. The van der Waals surface area contributed by atoms with Gasteiger partial charge >= 0.3 is 19.5 Å². The maximum atomic E-state index is 10.1. The fraction of sp³-hybridized carbons (Fsp3) is 1.00. The van der Waals surface area contributed by atoms with Crippen molar-refractivity contribution in [3.05, 3.63) is 0 Å². The summed E-state index contributed by atoms with van der Waals surface area (Å²) in [5, 5.41) is 20.3. The van der Waals surface area contributed by atoms with Crippen LogP contribution in [0.4, 0.5) is 0 Å². The molecule has 0 aliphatic rings. The Labute approximate surface area is 95.5 Å². The molecule has 0 amide bonds. The van der Waals surface area contributed by atoms with E-state index in [9.17, 15) is 10.2 Å². The molecule has 0 radical (unpaired) electrons. The average molecular weight is 240 g/mol. The van der Waals surface area contributed by atoms with E-state index < -0.39 is 0 Å². The molecule has 0 saturated heterocycles. The molecule has 0 aromatic rings. The van der Waals surface area contributed by atoms with Crippen LogP contribution in [0.25, 0.3) is 0 Å². The minimum Gasteiger partial charge on any atom is -0.852 e. The van der Waals surface area contributed by atoms with Crippen molar-refractivity contribution in [3.63, 3.8) is 0 Å². The standard InChI is InChI=1S/2C5H11O.Zn/c2*1-3-4-5(2)6;/h2*5H,3-4H2,1-2H3;/q2*-1;+2. The van der Waals surface area contributed by atoms with E-state index in [1.807, 2.05) is 13.8 Å². The van der Waals surface area contributed by atoms with Gasteiger partial charge in [-0.3, -0.25) is 0 Å². The molecule has 0 heterocycles.